The lowest BCUT2D eigenvalue weighted by Gasteiger charge is -2.06. The van der Waals surface area contributed by atoms with Gasteiger partial charge in [-0.2, -0.15) is 0 Å². The van der Waals surface area contributed by atoms with E-state index in [-0.39, 0.29) is 12.5 Å². The smallest absolute Gasteiger partial charge is 0.325 e. The van der Waals surface area contributed by atoms with E-state index >= 15 is 0 Å². The maximum Gasteiger partial charge on any atom is 0.325 e. The molecule has 0 saturated heterocycles. The molecule has 0 aliphatic heterocycles. The Morgan fingerprint density at radius 2 is 2.13 bits per heavy atom. The van der Waals surface area contributed by atoms with Crippen molar-refractivity contribution >= 4 is 17.6 Å². The van der Waals surface area contributed by atoms with Crippen molar-refractivity contribution in [3.63, 3.8) is 0 Å². The van der Waals surface area contributed by atoms with Gasteiger partial charge in [0.2, 0.25) is 0 Å². The van der Waals surface area contributed by atoms with Gasteiger partial charge in [-0.1, -0.05) is 0 Å². The summed E-state index contributed by atoms with van der Waals surface area (Å²) in [5.74, 6) is 1.60. The molecule has 1 aromatic heterocycles. The third kappa shape index (κ3) is 3.41. The lowest BCUT2D eigenvalue weighted by Crippen LogP contribution is -2.16. The summed E-state index contributed by atoms with van der Waals surface area (Å²) in [6.07, 6.45) is 0. The highest BCUT2D eigenvalue weighted by molar-refractivity contribution is 5.74. The van der Waals surface area contributed by atoms with Crippen molar-refractivity contribution in [2.75, 3.05) is 31.3 Å². The number of ether oxygens (including phenoxy) is 1. The summed E-state index contributed by atoms with van der Waals surface area (Å²) >= 11 is 0. The van der Waals surface area contributed by atoms with Gasteiger partial charge in [-0.25, -0.2) is 9.97 Å². The molecule has 1 rings (SSSR count). The molecular formula is C9H14N4O2. The number of hydrogen-bond donors (Lipinski definition) is 2. The predicted octanol–water partition coefficient (Wildman–Crippen LogP) is 0.412. The van der Waals surface area contributed by atoms with Gasteiger partial charge in [0.15, 0.2) is 0 Å². The number of hydrogen-bond acceptors (Lipinski definition) is 6. The number of nitrogens with zero attached hydrogens (tertiary/aromatic N) is 2. The monoisotopic (exact) mass is 210 g/mol. The summed E-state index contributed by atoms with van der Waals surface area (Å²) in [5.41, 5.74) is 0. The van der Waals surface area contributed by atoms with Crippen LogP contribution in [-0.4, -0.2) is 36.6 Å². The average molecular weight is 210 g/mol. The molecule has 1 aromatic rings. The summed E-state index contributed by atoms with van der Waals surface area (Å²) in [6.45, 7) is 1.88. The van der Waals surface area contributed by atoms with E-state index in [2.05, 4.69) is 25.3 Å². The largest absolute Gasteiger partial charge is 0.468 e. The average Bonchev–Trinajstić information content (AvgIpc) is 2.25. The molecule has 15 heavy (non-hydrogen) atoms. The van der Waals surface area contributed by atoms with Crippen LogP contribution in [0.25, 0.3) is 0 Å². The van der Waals surface area contributed by atoms with Gasteiger partial charge in [-0.15, -0.1) is 0 Å². The van der Waals surface area contributed by atoms with E-state index in [0.29, 0.717) is 17.5 Å². The van der Waals surface area contributed by atoms with Crippen LogP contribution in [0, 0.1) is 6.92 Å². The number of methoxy groups -OCH3 is 1. The van der Waals surface area contributed by atoms with Crippen LogP contribution >= 0.6 is 0 Å². The molecule has 0 radical (unpaired) electrons. The fourth-order valence-corrected chi connectivity index (χ4v) is 1.02. The topological polar surface area (TPSA) is 76.1 Å². The Morgan fingerprint density at radius 3 is 2.73 bits per heavy atom. The van der Waals surface area contributed by atoms with E-state index in [9.17, 15) is 4.79 Å². The normalized spacial score (nSPS) is 9.53. The van der Waals surface area contributed by atoms with E-state index in [1.54, 1.807) is 20.0 Å². The van der Waals surface area contributed by atoms with Crippen LogP contribution in [0.3, 0.4) is 0 Å². The van der Waals surface area contributed by atoms with E-state index in [1.807, 2.05) is 0 Å². The van der Waals surface area contributed by atoms with E-state index < -0.39 is 0 Å². The van der Waals surface area contributed by atoms with Gasteiger partial charge in [0.1, 0.15) is 24.0 Å². The number of carbonyl (C=O) groups excluding carboxylic acids is 1. The fraction of sp³-hybridized carbons (Fsp3) is 0.444. The van der Waals surface area contributed by atoms with Crippen molar-refractivity contribution < 1.29 is 9.53 Å². The Bertz CT molecular complexity index is 354. The lowest BCUT2D eigenvalue weighted by molar-refractivity contribution is -0.138. The van der Waals surface area contributed by atoms with E-state index in [4.69, 9.17) is 0 Å². The first-order chi connectivity index (χ1) is 7.15. The molecule has 0 unspecified atom stereocenters. The number of aryl methyl sites for hydroxylation is 1. The first-order valence-electron chi connectivity index (χ1n) is 4.50. The highest BCUT2D eigenvalue weighted by Gasteiger charge is 2.03. The van der Waals surface area contributed by atoms with Crippen LogP contribution in [0.15, 0.2) is 6.07 Å². The SMILES string of the molecule is CNc1cc(NCC(=O)OC)nc(C)n1. The Labute approximate surface area is 88.1 Å². The molecule has 0 aliphatic rings. The minimum atomic E-state index is -0.336. The minimum absolute atomic E-state index is 0.0934. The van der Waals surface area contributed by atoms with Crippen molar-refractivity contribution in [1.29, 1.82) is 0 Å². The van der Waals surface area contributed by atoms with Crippen LogP contribution in [-0.2, 0) is 9.53 Å². The number of anilines is 2. The van der Waals surface area contributed by atoms with Crippen LogP contribution < -0.4 is 10.6 Å². The minimum Gasteiger partial charge on any atom is -0.468 e. The van der Waals surface area contributed by atoms with Gasteiger partial charge in [0, 0.05) is 13.1 Å². The predicted molar refractivity (Wildman–Crippen MR) is 56.8 cm³/mol. The zero-order valence-corrected chi connectivity index (χ0v) is 9.00. The highest BCUT2D eigenvalue weighted by atomic mass is 16.5. The standard InChI is InChI=1S/C9H14N4O2/c1-6-12-7(10-2)4-8(13-6)11-5-9(14)15-3/h4H,5H2,1-3H3,(H2,10,11,12,13). The quantitative estimate of drug-likeness (QED) is 0.701. The van der Waals surface area contributed by atoms with Gasteiger partial charge >= 0.3 is 5.97 Å². The molecule has 0 aliphatic carbocycles. The Kier molecular flexibility index (Phi) is 3.84. The zero-order chi connectivity index (χ0) is 11.3. The maximum atomic E-state index is 10.9. The van der Waals surface area contributed by atoms with Gasteiger partial charge in [0.05, 0.1) is 7.11 Å². The second-order valence-electron chi connectivity index (χ2n) is 2.87. The lowest BCUT2D eigenvalue weighted by atomic mass is 10.4. The van der Waals surface area contributed by atoms with Gasteiger partial charge in [0.25, 0.3) is 0 Å². The molecule has 0 saturated carbocycles. The first-order valence-corrected chi connectivity index (χ1v) is 4.50. The summed E-state index contributed by atoms with van der Waals surface area (Å²) in [5, 5.41) is 5.75. The third-order valence-corrected chi connectivity index (χ3v) is 1.74. The molecule has 0 fully saturated rings. The number of nitrogens with one attached hydrogen (secondary N) is 2. The molecule has 1 heterocycles. The number of esters is 1. The summed E-state index contributed by atoms with van der Waals surface area (Å²) < 4.78 is 4.50. The Balaban J connectivity index is 2.68. The molecule has 0 aromatic carbocycles. The molecule has 0 amide bonds. The van der Waals surface area contributed by atoms with Crippen molar-refractivity contribution in [3.8, 4) is 0 Å². The number of carbonyl (C=O) groups is 1. The second kappa shape index (κ2) is 5.14. The first kappa shape index (κ1) is 11.2. The van der Waals surface area contributed by atoms with Crippen molar-refractivity contribution in [1.82, 2.24) is 9.97 Å². The second-order valence-corrected chi connectivity index (χ2v) is 2.87. The Hall–Kier alpha value is -1.85. The molecule has 6 nitrogen and oxygen atoms in total. The van der Waals surface area contributed by atoms with Crippen LogP contribution in [0.2, 0.25) is 0 Å². The zero-order valence-electron chi connectivity index (χ0n) is 9.00. The van der Waals surface area contributed by atoms with Gasteiger partial charge in [-0.05, 0) is 6.92 Å². The maximum absolute atomic E-state index is 10.9. The van der Waals surface area contributed by atoms with Crippen LogP contribution in [0.1, 0.15) is 5.82 Å². The van der Waals surface area contributed by atoms with E-state index in [0.717, 1.165) is 0 Å². The summed E-state index contributed by atoms with van der Waals surface area (Å²) in [7, 11) is 3.11. The number of rotatable bonds is 4. The van der Waals surface area contributed by atoms with Crippen molar-refractivity contribution in [3.05, 3.63) is 11.9 Å². The summed E-state index contributed by atoms with van der Waals surface area (Å²) in [4.78, 5) is 19.1. The number of aromatic nitrogens is 2. The molecular weight excluding hydrogens is 196 g/mol. The van der Waals surface area contributed by atoms with Crippen LogP contribution in [0.5, 0.6) is 0 Å². The molecule has 0 atom stereocenters. The molecule has 6 heteroatoms. The molecule has 2 N–H and O–H groups in total. The van der Waals surface area contributed by atoms with Crippen molar-refractivity contribution in [2.45, 2.75) is 6.92 Å². The third-order valence-electron chi connectivity index (χ3n) is 1.74. The highest BCUT2D eigenvalue weighted by Crippen LogP contribution is 2.09. The summed E-state index contributed by atoms with van der Waals surface area (Å²) in [6, 6.07) is 1.72. The molecule has 0 bridgehead atoms. The Morgan fingerprint density at radius 1 is 1.47 bits per heavy atom. The fourth-order valence-electron chi connectivity index (χ4n) is 1.02. The van der Waals surface area contributed by atoms with Gasteiger partial charge < -0.3 is 15.4 Å². The van der Waals surface area contributed by atoms with Gasteiger partial charge in [-0.3, -0.25) is 4.79 Å². The molecule has 0 spiro atoms. The van der Waals surface area contributed by atoms with Crippen molar-refractivity contribution in [2.24, 2.45) is 0 Å². The van der Waals surface area contributed by atoms with E-state index in [1.165, 1.54) is 7.11 Å². The molecule has 82 valence electrons. The van der Waals surface area contributed by atoms with Crippen LogP contribution in [0.4, 0.5) is 11.6 Å².